The number of anilines is 1. The summed E-state index contributed by atoms with van der Waals surface area (Å²) in [6.45, 7) is 0. The summed E-state index contributed by atoms with van der Waals surface area (Å²) in [5.41, 5.74) is 2.45. The zero-order valence-corrected chi connectivity index (χ0v) is 12.2. The zero-order chi connectivity index (χ0) is 14.4. The Bertz CT molecular complexity index is 725. The third-order valence-electron chi connectivity index (χ3n) is 4.17. The van der Waals surface area contributed by atoms with E-state index in [4.69, 9.17) is 0 Å². The van der Waals surface area contributed by atoms with E-state index >= 15 is 0 Å². The molecule has 2 heterocycles. The Labute approximate surface area is 126 Å². The number of aryl methyl sites for hydroxylation is 1. The van der Waals surface area contributed by atoms with Crippen molar-refractivity contribution < 1.29 is 9.18 Å². The van der Waals surface area contributed by atoms with E-state index in [1.807, 2.05) is 0 Å². The van der Waals surface area contributed by atoms with Crippen molar-refractivity contribution in [1.29, 1.82) is 0 Å². The maximum Gasteiger partial charge on any atom is 0.256 e. The molecule has 2 N–H and O–H groups in total. The van der Waals surface area contributed by atoms with Crippen molar-refractivity contribution in [3.63, 3.8) is 0 Å². The van der Waals surface area contributed by atoms with E-state index in [2.05, 4.69) is 10.6 Å². The van der Waals surface area contributed by atoms with Gasteiger partial charge < -0.3 is 10.6 Å². The Balaban J connectivity index is 1.74. The molecule has 1 aromatic carbocycles. The number of amides is 1. The molecule has 0 saturated heterocycles. The standard InChI is InChI=1S/C16H15FN2OS/c17-11-7-3-1-5-9(11)14-18-15(20)13-10-6-2-4-8-12(10)21-16(13)19-14/h1,3,5,7,14,19H,2,4,6,8H2,(H,18,20)/t14-/m1/s1. The van der Waals surface area contributed by atoms with Crippen LogP contribution in [0, 0.1) is 5.82 Å². The van der Waals surface area contributed by atoms with E-state index in [0.717, 1.165) is 29.8 Å². The van der Waals surface area contributed by atoms with Gasteiger partial charge in [0.2, 0.25) is 0 Å². The summed E-state index contributed by atoms with van der Waals surface area (Å²) in [7, 11) is 0. The topological polar surface area (TPSA) is 41.1 Å². The van der Waals surface area contributed by atoms with Gasteiger partial charge in [-0.15, -0.1) is 11.3 Å². The molecule has 0 unspecified atom stereocenters. The maximum absolute atomic E-state index is 13.9. The molecule has 4 rings (SSSR count). The van der Waals surface area contributed by atoms with Gasteiger partial charge in [-0.1, -0.05) is 18.2 Å². The Kier molecular flexibility index (Phi) is 2.96. The molecule has 0 saturated carbocycles. The summed E-state index contributed by atoms with van der Waals surface area (Å²) in [6.07, 6.45) is 3.85. The predicted octanol–water partition coefficient (Wildman–Crippen LogP) is 3.62. The summed E-state index contributed by atoms with van der Waals surface area (Å²) in [5.74, 6) is -0.392. The number of hydrogen-bond acceptors (Lipinski definition) is 3. The van der Waals surface area contributed by atoms with E-state index in [1.165, 1.54) is 22.9 Å². The second kappa shape index (κ2) is 4.84. The first-order valence-corrected chi connectivity index (χ1v) is 8.02. The summed E-state index contributed by atoms with van der Waals surface area (Å²) >= 11 is 1.65. The first kappa shape index (κ1) is 12.8. The van der Waals surface area contributed by atoms with Crippen molar-refractivity contribution in [2.24, 2.45) is 0 Å². The molecule has 1 amide bonds. The Morgan fingerprint density at radius 1 is 1.14 bits per heavy atom. The van der Waals surface area contributed by atoms with E-state index < -0.39 is 6.17 Å². The van der Waals surface area contributed by atoms with Crippen molar-refractivity contribution in [1.82, 2.24) is 5.32 Å². The van der Waals surface area contributed by atoms with Crippen molar-refractivity contribution >= 4 is 22.2 Å². The third-order valence-corrected chi connectivity index (χ3v) is 5.39. The number of halogens is 1. The monoisotopic (exact) mass is 302 g/mol. The van der Waals surface area contributed by atoms with Crippen LogP contribution in [0.1, 0.15) is 45.4 Å². The minimum Gasteiger partial charge on any atom is -0.353 e. The van der Waals surface area contributed by atoms with Crippen LogP contribution >= 0.6 is 11.3 Å². The van der Waals surface area contributed by atoms with Crippen LogP contribution in [0.2, 0.25) is 0 Å². The molecule has 0 radical (unpaired) electrons. The lowest BCUT2D eigenvalue weighted by molar-refractivity contribution is 0.0934. The van der Waals surface area contributed by atoms with Crippen LogP contribution in [-0.4, -0.2) is 5.91 Å². The lowest BCUT2D eigenvalue weighted by Crippen LogP contribution is -2.38. The molecule has 2 aliphatic rings. The largest absolute Gasteiger partial charge is 0.353 e. The van der Waals surface area contributed by atoms with Gasteiger partial charge in [0.1, 0.15) is 17.0 Å². The summed E-state index contributed by atoms with van der Waals surface area (Å²) in [4.78, 5) is 13.8. The fourth-order valence-corrected chi connectivity index (χ4v) is 4.46. The van der Waals surface area contributed by atoms with E-state index in [-0.39, 0.29) is 11.7 Å². The number of thiophene rings is 1. The molecular formula is C16H15FN2OS. The number of benzene rings is 1. The van der Waals surface area contributed by atoms with Gasteiger partial charge >= 0.3 is 0 Å². The highest BCUT2D eigenvalue weighted by Gasteiger charge is 2.32. The van der Waals surface area contributed by atoms with Gasteiger partial charge in [0.15, 0.2) is 0 Å². The predicted molar refractivity (Wildman–Crippen MR) is 81.2 cm³/mol. The van der Waals surface area contributed by atoms with Gasteiger partial charge in [-0.3, -0.25) is 4.79 Å². The van der Waals surface area contributed by atoms with Crippen molar-refractivity contribution in [3.8, 4) is 0 Å². The van der Waals surface area contributed by atoms with Gasteiger partial charge in [-0.05, 0) is 37.3 Å². The highest BCUT2D eigenvalue weighted by molar-refractivity contribution is 7.16. The Hall–Kier alpha value is -1.88. The zero-order valence-electron chi connectivity index (χ0n) is 11.4. The smallest absolute Gasteiger partial charge is 0.256 e. The summed E-state index contributed by atoms with van der Waals surface area (Å²) < 4.78 is 13.9. The van der Waals surface area contributed by atoms with Crippen LogP contribution in [0.4, 0.5) is 9.39 Å². The van der Waals surface area contributed by atoms with Gasteiger partial charge in [0.25, 0.3) is 5.91 Å². The van der Waals surface area contributed by atoms with E-state index in [9.17, 15) is 9.18 Å². The van der Waals surface area contributed by atoms with Crippen molar-refractivity contribution in [2.45, 2.75) is 31.8 Å². The molecular weight excluding hydrogens is 287 g/mol. The number of rotatable bonds is 1. The molecule has 1 aromatic heterocycles. The second-order valence-corrected chi connectivity index (χ2v) is 6.59. The van der Waals surface area contributed by atoms with Crippen molar-refractivity contribution in [3.05, 3.63) is 51.7 Å². The highest BCUT2D eigenvalue weighted by Crippen LogP contribution is 2.41. The lowest BCUT2D eigenvalue weighted by Gasteiger charge is -2.27. The minimum absolute atomic E-state index is 0.0867. The molecule has 0 spiro atoms. The molecule has 2 aromatic rings. The third kappa shape index (κ3) is 2.03. The molecule has 1 aliphatic heterocycles. The number of hydrogen-bond donors (Lipinski definition) is 2. The molecule has 5 heteroatoms. The second-order valence-electron chi connectivity index (χ2n) is 5.49. The average Bonchev–Trinajstić information content (AvgIpc) is 2.86. The molecule has 1 aliphatic carbocycles. The fourth-order valence-electron chi connectivity index (χ4n) is 3.14. The molecule has 0 fully saturated rings. The fraction of sp³-hybridized carbons (Fsp3) is 0.312. The molecule has 3 nitrogen and oxygen atoms in total. The lowest BCUT2D eigenvalue weighted by atomic mass is 9.94. The maximum atomic E-state index is 13.9. The van der Waals surface area contributed by atoms with Gasteiger partial charge in [0, 0.05) is 10.4 Å². The number of carbonyl (C=O) groups excluding carboxylic acids is 1. The van der Waals surface area contributed by atoms with Crippen LogP contribution in [0.25, 0.3) is 0 Å². The first-order chi connectivity index (χ1) is 10.2. The van der Waals surface area contributed by atoms with Crippen molar-refractivity contribution in [2.75, 3.05) is 5.32 Å². The normalized spacial score (nSPS) is 20.2. The SMILES string of the molecule is O=C1N[C@@H](c2ccccc2F)Nc2sc3c(c21)CCCC3. The van der Waals surface area contributed by atoms with Crippen LogP contribution in [0.15, 0.2) is 24.3 Å². The summed E-state index contributed by atoms with van der Waals surface area (Å²) in [6, 6.07) is 6.55. The number of carbonyl (C=O) groups is 1. The van der Waals surface area contributed by atoms with Gasteiger partial charge in [0.05, 0.1) is 5.56 Å². The molecule has 108 valence electrons. The van der Waals surface area contributed by atoms with E-state index in [1.54, 1.807) is 29.5 Å². The quantitative estimate of drug-likeness (QED) is 0.845. The average molecular weight is 302 g/mol. The first-order valence-electron chi connectivity index (χ1n) is 7.20. The molecule has 21 heavy (non-hydrogen) atoms. The van der Waals surface area contributed by atoms with Gasteiger partial charge in [-0.25, -0.2) is 4.39 Å². The van der Waals surface area contributed by atoms with Crippen LogP contribution in [0.3, 0.4) is 0 Å². The Morgan fingerprint density at radius 3 is 2.81 bits per heavy atom. The molecule has 1 atom stereocenters. The van der Waals surface area contributed by atoms with Crippen LogP contribution in [-0.2, 0) is 12.8 Å². The van der Waals surface area contributed by atoms with Crippen LogP contribution in [0.5, 0.6) is 0 Å². The number of fused-ring (bicyclic) bond motifs is 3. The minimum atomic E-state index is -0.494. The highest BCUT2D eigenvalue weighted by atomic mass is 32.1. The van der Waals surface area contributed by atoms with Crippen LogP contribution < -0.4 is 10.6 Å². The summed E-state index contributed by atoms with van der Waals surface area (Å²) in [5, 5.41) is 7.06. The van der Waals surface area contributed by atoms with Gasteiger partial charge in [-0.2, -0.15) is 0 Å². The van der Waals surface area contributed by atoms with E-state index in [0.29, 0.717) is 5.56 Å². The molecule has 0 bridgehead atoms. The number of nitrogens with one attached hydrogen (secondary N) is 2. The Morgan fingerprint density at radius 2 is 1.95 bits per heavy atom.